The minimum atomic E-state index is 0.0265. The minimum absolute atomic E-state index is 0.0265. The third-order valence-electron chi connectivity index (χ3n) is 5.14. The van der Waals surface area contributed by atoms with Gasteiger partial charge in [0.25, 0.3) is 5.56 Å². The van der Waals surface area contributed by atoms with Crippen molar-refractivity contribution in [2.24, 2.45) is 5.92 Å². The van der Waals surface area contributed by atoms with E-state index in [1.165, 1.54) is 0 Å². The van der Waals surface area contributed by atoms with Crippen molar-refractivity contribution < 1.29 is 9.53 Å². The summed E-state index contributed by atoms with van der Waals surface area (Å²) < 4.78 is 6.80. The van der Waals surface area contributed by atoms with E-state index in [-0.39, 0.29) is 18.1 Å². The second-order valence-electron chi connectivity index (χ2n) is 7.00. The number of carbonyl (C=O) groups is 1. The van der Waals surface area contributed by atoms with Gasteiger partial charge in [-0.2, -0.15) is 16.9 Å². The Kier molecular flexibility index (Phi) is 5.10. The Morgan fingerprint density at radius 1 is 1.28 bits per heavy atom. The van der Waals surface area contributed by atoms with Gasteiger partial charge in [-0.3, -0.25) is 9.59 Å². The number of hydrogen-bond donors (Lipinski definition) is 0. The van der Waals surface area contributed by atoms with Gasteiger partial charge >= 0.3 is 0 Å². The smallest absolute Gasteiger partial charge is 0.267 e. The molecule has 0 saturated carbocycles. The summed E-state index contributed by atoms with van der Waals surface area (Å²) in [7, 11) is 0. The predicted molar refractivity (Wildman–Crippen MR) is 95.7 cm³/mol. The number of aryl methyl sites for hydroxylation is 1. The molecule has 3 aliphatic rings. The highest BCUT2D eigenvalue weighted by molar-refractivity contribution is 7.98. The molecule has 0 atom stereocenters. The number of rotatable bonds is 5. The Labute approximate surface area is 151 Å². The highest BCUT2D eigenvalue weighted by Crippen LogP contribution is 2.22. The summed E-state index contributed by atoms with van der Waals surface area (Å²) >= 11 is 1.87. The predicted octanol–water partition coefficient (Wildman–Crippen LogP) is -0.177. The lowest BCUT2D eigenvalue weighted by atomic mass is 10.0. The van der Waals surface area contributed by atoms with Gasteiger partial charge < -0.3 is 14.5 Å². The minimum Gasteiger partial charge on any atom is -0.370 e. The number of nitrogens with zero attached hydrogens (tertiary/aromatic N) is 4. The number of ether oxygens (including phenoxy) is 1. The van der Waals surface area contributed by atoms with Crippen LogP contribution in [0.25, 0.3) is 0 Å². The highest BCUT2D eigenvalue weighted by Gasteiger charge is 2.29. The molecular formula is C17H24N4O3S. The van der Waals surface area contributed by atoms with Crippen molar-refractivity contribution in [1.82, 2.24) is 19.6 Å². The summed E-state index contributed by atoms with van der Waals surface area (Å²) in [6.45, 7) is 5.86. The molecule has 7 nitrogen and oxygen atoms in total. The van der Waals surface area contributed by atoms with Crippen molar-refractivity contribution in [1.29, 1.82) is 0 Å². The molecule has 2 fully saturated rings. The summed E-state index contributed by atoms with van der Waals surface area (Å²) in [6, 6.07) is 1.77. The maximum atomic E-state index is 12.2. The maximum absolute atomic E-state index is 12.2. The lowest BCUT2D eigenvalue weighted by Gasteiger charge is -2.40. The zero-order valence-corrected chi connectivity index (χ0v) is 15.2. The molecule has 4 rings (SSSR count). The van der Waals surface area contributed by atoms with Crippen molar-refractivity contribution in [3.63, 3.8) is 0 Å². The first-order chi connectivity index (χ1) is 12.2. The van der Waals surface area contributed by atoms with E-state index in [9.17, 15) is 9.59 Å². The summed E-state index contributed by atoms with van der Waals surface area (Å²) in [4.78, 5) is 28.2. The number of morpholine rings is 1. The number of aromatic nitrogens is 2. The molecule has 0 aromatic carbocycles. The fraction of sp³-hybridized carbons (Fsp3) is 0.706. The molecular weight excluding hydrogens is 340 g/mol. The van der Waals surface area contributed by atoms with Crippen molar-refractivity contribution in [2.75, 3.05) is 51.7 Å². The van der Waals surface area contributed by atoms with Gasteiger partial charge in [0.1, 0.15) is 6.61 Å². The number of thioether (sulfide) groups is 1. The molecule has 4 heterocycles. The lowest BCUT2D eigenvalue weighted by molar-refractivity contribution is -0.143. The normalized spacial score (nSPS) is 21.9. The van der Waals surface area contributed by atoms with Crippen LogP contribution in [0, 0.1) is 5.92 Å². The van der Waals surface area contributed by atoms with E-state index in [0.717, 1.165) is 55.4 Å². The van der Waals surface area contributed by atoms with Crippen molar-refractivity contribution >= 4 is 17.7 Å². The van der Waals surface area contributed by atoms with Crippen molar-refractivity contribution in [3.8, 4) is 0 Å². The van der Waals surface area contributed by atoms with Crippen LogP contribution in [0.3, 0.4) is 0 Å². The number of hydrogen-bond acceptors (Lipinski definition) is 6. The highest BCUT2D eigenvalue weighted by atomic mass is 32.2. The average molecular weight is 364 g/mol. The van der Waals surface area contributed by atoms with E-state index < -0.39 is 0 Å². The molecule has 136 valence electrons. The molecule has 1 amide bonds. The quantitative estimate of drug-likeness (QED) is 0.722. The standard InChI is InChI=1S/C17H24N4O3S/c22-16-7-14-12-25-6-1-15(14)18-21(16)10-13-8-19(9-13)2-3-20-4-5-24-11-17(20)23/h7,13H,1-6,8-12H2. The number of amides is 1. The molecule has 25 heavy (non-hydrogen) atoms. The fourth-order valence-corrected chi connectivity index (χ4v) is 4.60. The van der Waals surface area contributed by atoms with E-state index in [4.69, 9.17) is 4.74 Å². The Hall–Kier alpha value is -1.38. The van der Waals surface area contributed by atoms with E-state index in [1.807, 2.05) is 16.7 Å². The van der Waals surface area contributed by atoms with Crippen LogP contribution in [0.4, 0.5) is 0 Å². The molecule has 1 aromatic rings. The monoisotopic (exact) mass is 364 g/mol. The van der Waals surface area contributed by atoms with Crippen LogP contribution in [0.1, 0.15) is 11.3 Å². The van der Waals surface area contributed by atoms with Crippen molar-refractivity contribution in [2.45, 2.75) is 18.7 Å². The molecule has 8 heteroatoms. The van der Waals surface area contributed by atoms with Crippen LogP contribution in [0.15, 0.2) is 10.9 Å². The second-order valence-corrected chi connectivity index (χ2v) is 8.10. The molecule has 2 saturated heterocycles. The van der Waals surface area contributed by atoms with Gasteiger partial charge in [0.15, 0.2) is 0 Å². The average Bonchev–Trinajstić information content (AvgIpc) is 2.58. The lowest BCUT2D eigenvalue weighted by Crippen LogP contribution is -2.53. The Morgan fingerprint density at radius 3 is 3.00 bits per heavy atom. The first kappa shape index (κ1) is 17.1. The molecule has 1 aromatic heterocycles. The summed E-state index contributed by atoms with van der Waals surface area (Å²) in [5.41, 5.74) is 2.24. The van der Waals surface area contributed by atoms with Crippen LogP contribution >= 0.6 is 11.8 Å². The third kappa shape index (κ3) is 3.91. The Morgan fingerprint density at radius 2 is 2.16 bits per heavy atom. The van der Waals surface area contributed by atoms with Crippen LogP contribution < -0.4 is 5.56 Å². The van der Waals surface area contributed by atoms with Gasteiger partial charge in [-0.05, 0) is 11.3 Å². The number of carbonyl (C=O) groups excluding carboxylic acids is 1. The van der Waals surface area contributed by atoms with Crippen LogP contribution in [0.2, 0.25) is 0 Å². The Balaban J connectivity index is 1.26. The number of fused-ring (bicyclic) bond motifs is 1. The van der Waals surface area contributed by atoms with E-state index in [1.54, 1.807) is 10.7 Å². The largest absolute Gasteiger partial charge is 0.370 e. The maximum Gasteiger partial charge on any atom is 0.267 e. The van der Waals surface area contributed by atoms with Crippen LogP contribution in [-0.2, 0) is 28.2 Å². The molecule has 3 aliphatic heterocycles. The van der Waals surface area contributed by atoms with Gasteiger partial charge in [-0.1, -0.05) is 0 Å². The van der Waals surface area contributed by atoms with Gasteiger partial charge in [0.2, 0.25) is 5.91 Å². The molecule has 0 radical (unpaired) electrons. The van der Waals surface area contributed by atoms with Gasteiger partial charge in [0, 0.05) is 56.9 Å². The van der Waals surface area contributed by atoms with Crippen LogP contribution in [0.5, 0.6) is 0 Å². The summed E-state index contributed by atoms with van der Waals surface area (Å²) in [6.07, 6.45) is 0.963. The van der Waals surface area contributed by atoms with Gasteiger partial charge in [-0.15, -0.1) is 0 Å². The number of likely N-dealkylation sites (tertiary alicyclic amines) is 1. The molecule has 0 spiro atoms. The van der Waals surface area contributed by atoms with E-state index in [2.05, 4.69) is 10.00 Å². The summed E-state index contributed by atoms with van der Waals surface area (Å²) in [5.74, 6) is 2.57. The SMILES string of the molecule is O=C1COCCN1CCN1CC(Cn2nc3c(cc2=O)CSCC3)C1. The third-order valence-corrected chi connectivity index (χ3v) is 6.15. The first-order valence-corrected chi connectivity index (χ1v) is 10.1. The Bertz CT molecular complexity index is 702. The van der Waals surface area contributed by atoms with Gasteiger partial charge in [0.05, 0.1) is 18.8 Å². The summed E-state index contributed by atoms with van der Waals surface area (Å²) in [5, 5.41) is 4.59. The van der Waals surface area contributed by atoms with Crippen molar-refractivity contribution in [3.05, 3.63) is 27.7 Å². The topological polar surface area (TPSA) is 67.7 Å². The zero-order chi connectivity index (χ0) is 17.2. The van der Waals surface area contributed by atoms with E-state index in [0.29, 0.717) is 25.6 Å². The van der Waals surface area contributed by atoms with Crippen LogP contribution in [-0.4, -0.2) is 77.2 Å². The van der Waals surface area contributed by atoms with E-state index >= 15 is 0 Å². The molecule has 0 bridgehead atoms. The second kappa shape index (κ2) is 7.47. The van der Waals surface area contributed by atoms with Gasteiger partial charge in [-0.25, -0.2) is 4.68 Å². The molecule has 0 N–H and O–H groups in total. The zero-order valence-electron chi connectivity index (χ0n) is 14.4. The molecule has 0 unspecified atom stereocenters. The first-order valence-electron chi connectivity index (χ1n) is 8.94. The molecule has 0 aliphatic carbocycles. The fourth-order valence-electron chi connectivity index (χ4n) is 3.65.